The summed E-state index contributed by atoms with van der Waals surface area (Å²) in [6, 6.07) is 0.0546. The van der Waals surface area contributed by atoms with Crippen LogP contribution >= 0.6 is 0 Å². The van der Waals surface area contributed by atoms with Crippen LogP contribution in [0, 0.1) is 0 Å². The molecule has 0 spiro atoms. The van der Waals surface area contributed by atoms with Gasteiger partial charge in [-0.2, -0.15) is 5.10 Å². The third kappa shape index (κ3) is 1.54. The molecular formula is C11H15F2N3. The van der Waals surface area contributed by atoms with Crippen molar-refractivity contribution in [3.63, 3.8) is 0 Å². The predicted octanol–water partition coefficient (Wildman–Crippen LogP) is 2.17. The first-order valence-corrected chi connectivity index (χ1v) is 5.79. The van der Waals surface area contributed by atoms with Crippen molar-refractivity contribution in [2.75, 3.05) is 0 Å². The third-order valence-corrected chi connectivity index (χ3v) is 3.71. The Balaban J connectivity index is 1.78. The first-order chi connectivity index (χ1) is 7.71. The van der Waals surface area contributed by atoms with Crippen molar-refractivity contribution in [3.8, 4) is 0 Å². The first-order valence-electron chi connectivity index (χ1n) is 5.79. The summed E-state index contributed by atoms with van der Waals surface area (Å²) in [6.45, 7) is 0. The van der Waals surface area contributed by atoms with E-state index in [4.69, 9.17) is 0 Å². The van der Waals surface area contributed by atoms with E-state index in [-0.39, 0.29) is 6.04 Å². The molecule has 2 N–H and O–H groups in total. The molecule has 1 saturated carbocycles. The van der Waals surface area contributed by atoms with E-state index in [9.17, 15) is 8.78 Å². The Morgan fingerprint density at radius 2 is 2.31 bits per heavy atom. The van der Waals surface area contributed by atoms with Crippen molar-refractivity contribution in [3.05, 3.63) is 17.5 Å². The Hall–Kier alpha value is -0.970. The molecule has 16 heavy (non-hydrogen) atoms. The van der Waals surface area contributed by atoms with Gasteiger partial charge in [-0.25, -0.2) is 8.78 Å². The lowest BCUT2D eigenvalue weighted by Gasteiger charge is -2.28. The van der Waals surface area contributed by atoms with Crippen LogP contribution in [0.2, 0.25) is 0 Å². The van der Waals surface area contributed by atoms with Crippen LogP contribution in [0.15, 0.2) is 6.20 Å². The van der Waals surface area contributed by atoms with E-state index >= 15 is 0 Å². The number of hydrogen-bond donors (Lipinski definition) is 2. The van der Waals surface area contributed by atoms with Crippen molar-refractivity contribution in [2.45, 2.75) is 50.1 Å². The van der Waals surface area contributed by atoms with E-state index < -0.39 is 12.0 Å². The van der Waals surface area contributed by atoms with E-state index in [1.807, 2.05) is 0 Å². The maximum atomic E-state index is 12.8. The lowest BCUT2D eigenvalue weighted by atomic mass is 9.92. The highest BCUT2D eigenvalue weighted by molar-refractivity contribution is 5.25. The molecule has 2 aliphatic carbocycles. The van der Waals surface area contributed by atoms with E-state index in [2.05, 4.69) is 15.5 Å². The first kappa shape index (κ1) is 10.2. The Labute approximate surface area is 92.6 Å². The average molecular weight is 227 g/mol. The van der Waals surface area contributed by atoms with Crippen LogP contribution in [-0.2, 0) is 6.42 Å². The Kier molecular flexibility index (Phi) is 2.24. The van der Waals surface area contributed by atoms with Crippen molar-refractivity contribution >= 4 is 0 Å². The minimum Gasteiger partial charge on any atom is -0.299 e. The highest BCUT2D eigenvalue weighted by atomic mass is 19.3. The van der Waals surface area contributed by atoms with Gasteiger partial charge in [0.25, 0.3) is 6.43 Å². The van der Waals surface area contributed by atoms with Crippen LogP contribution in [0.4, 0.5) is 8.78 Å². The van der Waals surface area contributed by atoms with Gasteiger partial charge in [-0.15, -0.1) is 0 Å². The van der Waals surface area contributed by atoms with Gasteiger partial charge < -0.3 is 0 Å². The summed E-state index contributed by atoms with van der Waals surface area (Å²) in [5.41, 5.74) is 1.28. The topological polar surface area (TPSA) is 40.7 Å². The number of aromatic nitrogens is 2. The Bertz CT molecular complexity index is 384. The lowest BCUT2D eigenvalue weighted by Crippen LogP contribution is -2.41. The molecule has 1 aromatic rings. The fourth-order valence-corrected chi connectivity index (χ4v) is 2.52. The van der Waals surface area contributed by atoms with E-state index in [0.717, 1.165) is 30.5 Å². The number of halogens is 2. The summed E-state index contributed by atoms with van der Waals surface area (Å²) in [6.07, 6.45) is 3.64. The number of nitrogens with one attached hydrogen (secondary N) is 2. The highest BCUT2D eigenvalue weighted by Crippen LogP contribution is 2.44. The molecule has 0 radical (unpaired) electrons. The lowest BCUT2D eigenvalue weighted by molar-refractivity contribution is 0.0772. The molecule has 0 aliphatic heterocycles. The van der Waals surface area contributed by atoms with Gasteiger partial charge in [-0.3, -0.25) is 10.4 Å². The van der Waals surface area contributed by atoms with Gasteiger partial charge in [0, 0.05) is 17.3 Å². The maximum absolute atomic E-state index is 12.8. The van der Waals surface area contributed by atoms with E-state index in [0.29, 0.717) is 12.8 Å². The largest absolute Gasteiger partial charge is 0.299 e. The molecular weight excluding hydrogens is 212 g/mol. The number of nitrogens with zero attached hydrogens (tertiary/aromatic N) is 1. The van der Waals surface area contributed by atoms with Crippen molar-refractivity contribution < 1.29 is 8.78 Å². The van der Waals surface area contributed by atoms with Crippen LogP contribution in [0.5, 0.6) is 0 Å². The minimum atomic E-state index is -2.26. The molecule has 1 unspecified atom stereocenters. The fraction of sp³-hybridized carbons (Fsp3) is 0.727. The molecule has 0 amide bonds. The fourth-order valence-electron chi connectivity index (χ4n) is 2.52. The SMILES string of the molecule is FC(F)C1(NC2CCCc3[nH]ncc32)CC1. The number of rotatable bonds is 3. The van der Waals surface area contributed by atoms with Gasteiger partial charge in [0.15, 0.2) is 0 Å². The van der Waals surface area contributed by atoms with Crippen LogP contribution in [0.3, 0.4) is 0 Å². The van der Waals surface area contributed by atoms with Gasteiger partial charge in [-0.1, -0.05) is 0 Å². The maximum Gasteiger partial charge on any atom is 0.256 e. The zero-order chi connectivity index (χ0) is 11.2. The molecule has 5 heteroatoms. The molecule has 2 aliphatic rings. The monoisotopic (exact) mass is 227 g/mol. The molecule has 1 aromatic heterocycles. The zero-order valence-corrected chi connectivity index (χ0v) is 8.97. The number of hydrogen-bond acceptors (Lipinski definition) is 2. The van der Waals surface area contributed by atoms with Gasteiger partial charge in [0.05, 0.1) is 11.7 Å². The molecule has 3 rings (SSSR count). The van der Waals surface area contributed by atoms with Gasteiger partial charge in [0.2, 0.25) is 0 Å². The number of H-pyrrole nitrogens is 1. The summed E-state index contributed by atoms with van der Waals surface area (Å²) in [5.74, 6) is 0. The predicted molar refractivity (Wildman–Crippen MR) is 55.4 cm³/mol. The van der Waals surface area contributed by atoms with Gasteiger partial charge in [0.1, 0.15) is 0 Å². The van der Waals surface area contributed by atoms with Crippen molar-refractivity contribution in [1.29, 1.82) is 0 Å². The Morgan fingerprint density at radius 1 is 1.50 bits per heavy atom. The molecule has 1 heterocycles. The summed E-state index contributed by atoms with van der Waals surface area (Å²) in [5, 5.41) is 10.1. The summed E-state index contributed by atoms with van der Waals surface area (Å²) in [7, 11) is 0. The van der Waals surface area contributed by atoms with Crippen LogP contribution in [0.25, 0.3) is 0 Å². The van der Waals surface area contributed by atoms with Crippen LogP contribution < -0.4 is 5.32 Å². The number of aromatic amines is 1. The van der Waals surface area contributed by atoms with Crippen molar-refractivity contribution in [2.24, 2.45) is 0 Å². The molecule has 3 nitrogen and oxygen atoms in total. The molecule has 0 aromatic carbocycles. The second-order valence-corrected chi connectivity index (χ2v) is 4.85. The quantitative estimate of drug-likeness (QED) is 0.830. The highest BCUT2D eigenvalue weighted by Gasteiger charge is 2.52. The van der Waals surface area contributed by atoms with Crippen LogP contribution in [-0.4, -0.2) is 22.2 Å². The molecule has 88 valence electrons. The third-order valence-electron chi connectivity index (χ3n) is 3.71. The second-order valence-electron chi connectivity index (χ2n) is 4.85. The zero-order valence-electron chi connectivity index (χ0n) is 8.97. The molecule has 0 saturated heterocycles. The standard InChI is InChI=1S/C11H15F2N3/c12-10(13)11(4-5-11)15-8-2-1-3-9-7(8)6-14-16-9/h6,8,10,15H,1-5H2,(H,14,16). The average Bonchev–Trinajstić information content (AvgIpc) is 2.89. The minimum absolute atomic E-state index is 0.0546. The molecule has 1 fully saturated rings. The number of alkyl halides is 2. The Morgan fingerprint density at radius 3 is 3.00 bits per heavy atom. The second kappa shape index (κ2) is 3.52. The normalized spacial score (nSPS) is 26.8. The molecule has 1 atom stereocenters. The van der Waals surface area contributed by atoms with Gasteiger partial charge in [-0.05, 0) is 32.1 Å². The summed E-state index contributed by atoms with van der Waals surface area (Å²) in [4.78, 5) is 0. The van der Waals surface area contributed by atoms with E-state index in [1.165, 1.54) is 0 Å². The number of fused-ring (bicyclic) bond motifs is 1. The van der Waals surface area contributed by atoms with Gasteiger partial charge >= 0.3 is 0 Å². The summed E-state index contributed by atoms with van der Waals surface area (Å²) < 4.78 is 25.7. The smallest absolute Gasteiger partial charge is 0.256 e. The number of aryl methyl sites for hydroxylation is 1. The van der Waals surface area contributed by atoms with E-state index in [1.54, 1.807) is 6.20 Å². The molecule has 0 bridgehead atoms. The van der Waals surface area contributed by atoms with Crippen LogP contribution in [0.1, 0.15) is 43.0 Å². The van der Waals surface area contributed by atoms with Crippen molar-refractivity contribution in [1.82, 2.24) is 15.5 Å². The summed E-state index contributed by atoms with van der Waals surface area (Å²) >= 11 is 0.